The lowest BCUT2D eigenvalue weighted by molar-refractivity contribution is 0.366. The van der Waals surface area contributed by atoms with Crippen LogP contribution >= 0.6 is 46.6 Å². The molecule has 1 atom stereocenters. The van der Waals surface area contributed by atoms with Gasteiger partial charge >= 0.3 is 0 Å². The van der Waals surface area contributed by atoms with Crippen molar-refractivity contribution in [3.63, 3.8) is 0 Å². The Morgan fingerprint density at radius 1 is 1.06 bits per heavy atom. The summed E-state index contributed by atoms with van der Waals surface area (Å²) in [7, 11) is 0. The summed E-state index contributed by atoms with van der Waals surface area (Å²) in [5.74, 6) is 0.919. The fourth-order valence-electron chi connectivity index (χ4n) is 4.79. The average Bonchev–Trinajstić information content (AvgIpc) is 3.39. The summed E-state index contributed by atoms with van der Waals surface area (Å²) in [6.45, 7) is 8.67. The van der Waals surface area contributed by atoms with E-state index in [0.717, 1.165) is 58.5 Å². The maximum absolute atomic E-state index is 6.55. The van der Waals surface area contributed by atoms with Gasteiger partial charge in [-0.2, -0.15) is 0 Å². The van der Waals surface area contributed by atoms with Crippen molar-refractivity contribution in [3.8, 4) is 0 Å². The van der Waals surface area contributed by atoms with Gasteiger partial charge < -0.3 is 4.90 Å². The van der Waals surface area contributed by atoms with Crippen LogP contribution in [0, 0.1) is 12.3 Å². The molecule has 0 N–H and O–H groups in total. The quantitative estimate of drug-likeness (QED) is 0.381. The molecule has 2 aromatic rings. The van der Waals surface area contributed by atoms with Gasteiger partial charge in [0.2, 0.25) is 0 Å². The van der Waals surface area contributed by atoms with Crippen molar-refractivity contribution in [2.75, 3.05) is 11.2 Å². The van der Waals surface area contributed by atoms with Gasteiger partial charge in [0.05, 0.1) is 6.04 Å². The molecule has 0 bridgehead atoms. The molecule has 0 aromatic heterocycles. The molecule has 0 radical (unpaired) electrons. The average molecular weight is 549 g/mol. The summed E-state index contributed by atoms with van der Waals surface area (Å²) < 4.78 is 0. The first kappa shape index (κ1) is 26.6. The number of nitrogens with zero attached hydrogens (tertiary/aromatic N) is 3. The van der Waals surface area contributed by atoms with Crippen LogP contribution in [0.3, 0.4) is 0 Å². The maximum atomic E-state index is 6.55. The molecule has 1 spiro atoms. The first-order valence-corrected chi connectivity index (χ1v) is 14.3. The molecular formula is C28H32Cl3N3S. The van der Waals surface area contributed by atoms with Crippen molar-refractivity contribution in [2.45, 2.75) is 65.0 Å². The highest BCUT2D eigenvalue weighted by molar-refractivity contribution is 8.13. The number of thioether (sulfide) groups is 1. The van der Waals surface area contributed by atoms with E-state index in [1.807, 2.05) is 25.1 Å². The number of benzene rings is 2. The molecule has 2 aromatic carbocycles. The molecule has 35 heavy (non-hydrogen) atoms. The zero-order valence-corrected chi connectivity index (χ0v) is 24.0. The second kappa shape index (κ2) is 10.5. The standard InChI is InChI=1S/C28H32Cl3N3S/c1-18-8-12-21(17-22(18)30)34-26(35-5)33-25(28(34)14-6-7-15-28)32-24(27(2,3)4)13-10-19-9-11-20(29)16-23(19)31/h8-13,16-17,24H,6-7,14-15H2,1-5H3/b13-10+,32-25?. The second-order valence-corrected chi connectivity index (χ2v) is 12.4. The Labute approximate surface area is 228 Å². The van der Waals surface area contributed by atoms with Crippen molar-refractivity contribution in [1.29, 1.82) is 0 Å². The lowest BCUT2D eigenvalue weighted by Gasteiger charge is -2.37. The molecule has 3 nitrogen and oxygen atoms in total. The summed E-state index contributed by atoms with van der Waals surface area (Å²) in [4.78, 5) is 12.9. The summed E-state index contributed by atoms with van der Waals surface area (Å²) in [5, 5.41) is 3.01. The van der Waals surface area contributed by atoms with Crippen LogP contribution in [0.4, 0.5) is 5.69 Å². The van der Waals surface area contributed by atoms with Crippen molar-refractivity contribution in [2.24, 2.45) is 15.4 Å². The first-order chi connectivity index (χ1) is 16.5. The predicted molar refractivity (Wildman–Crippen MR) is 157 cm³/mol. The van der Waals surface area contributed by atoms with E-state index in [1.54, 1.807) is 17.8 Å². The SMILES string of the molecule is CSC1=NC(=NC(/C=C/c2ccc(Cl)cc2Cl)C(C)(C)C)C2(CCCC2)N1c1ccc(C)c(Cl)c1. The number of halogens is 3. The molecule has 1 heterocycles. The van der Waals surface area contributed by atoms with Gasteiger partial charge in [-0.15, -0.1) is 0 Å². The van der Waals surface area contributed by atoms with Crippen LogP contribution in [0.1, 0.15) is 57.6 Å². The van der Waals surface area contributed by atoms with Gasteiger partial charge in [0.1, 0.15) is 5.54 Å². The van der Waals surface area contributed by atoms with Gasteiger partial charge in [0.25, 0.3) is 0 Å². The van der Waals surface area contributed by atoms with E-state index < -0.39 is 0 Å². The lowest BCUT2D eigenvalue weighted by Crippen LogP contribution is -2.50. The van der Waals surface area contributed by atoms with Gasteiger partial charge in [0, 0.05) is 20.8 Å². The number of hydrogen-bond donors (Lipinski definition) is 0. The van der Waals surface area contributed by atoms with Crippen LogP contribution < -0.4 is 4.90 Å². The highest BCUT2D eigenvalue weighted by atomic mass is 35.5. The molecular weight excluding hydrogens is 517 g/mol. The van der Waals surface area contributed by atoms with E-state index in [9.17, 15) is 0 Å². The van der Waals surface area contributed by atoms with Crippen molar-refractivity contribution in [1.82, 2.24) is 0 Å². The fraction of sp³-hybridized carbons (Fsp3) is 0.429. The largest absolute Gasteiger partial charge is 0.307 e. The van der Waals surface area contributed by atoms with Crippen LogP contribution in [-0.2, 0) is 0 Å². The Hall–Kier alpha value is -1.46. The minimum Gasteiger partial charge on any atom is -0.307 e. The highest BCUT2D eigenvalue weighted by Crippen LogP contribution is 2.46. The van der Waals surface area contributed by atoms with Crippen molar-refractivity contribution in [3.05, 3.63) is 68.7 Å². The third kappa shape index (κ3) is 5.46. The molecule has 0 amide bonds. The van der Waals surface area contributed by atoms with E-state index in [-0.39, 0.29) is 17.0 Å². The Balaban J connectivity index is 1.78. The van der Waals surface area contributed by atoms with Gasteiger partial charge in [-0.25, -0.2) is 4.99 Å². The third-order valence-corrected chi connectivity index (χ3v) is 8.44. The number of hydrogen-bond acceptors (Lipinski definition) is 3. The maximum Gasteiger partial charge on any atom is 0.170 e. The summed E-state index contributed by atoms with van der Waals surface area (Å²) in [6.07, 6.45) is 10.6. The Bertz CT molecular complexity index is 1190. The zero-order chi connectivity index (χ0) is 25.4. The molecule has 1 aliphatic carbocycles. The lowest BCUT2D eigenvalue weighted by atomic mass is 9.85. The van der Waals surface area contributed by atoms with Crippen LogP contribution in [-0.4, -0.2) is 28.8 Å². The Morgan fingerprint density at radius 3 is 2.37 bits per heavy atom. The summed E-state index contributed by atoms with van der Waals surface area (Å²) in [6, 6.07) is 11.8. The minimum absolute atomic E-state index is 0.0740. The minimum atomic E-state index is -0.244. The number of rotatable bonds is 4. The van der Waals surface area contributed by atoms with Gasteiger partial charge in [-0.05, 0) is 66.8 Å². The predicted octanol–water partition coefficient (Wildman–Crippen LogP) is 9.33. The molecule has 7 heteroatoms. The molecule has 0 saturated heterocycles. The molecule has 1 fully saturated rings. The van der Waals surface area contributed by atoms with Gasteiger partial charge in [-0.3, -0.25) is 4.99 Å². The second-order valence-electron chi connectivity index (χ2n) is 10.4. The van der Waals surface area contributed by atoms with E-state index in [1.165, 1.54) is 0 Å². The van der Waals surface area contributed by atoms with Crippen LogP contribution in [0.25, 0.3) is 6.08 Å². The topological polar surface area (TPSA) is 28.0 Å². The molecule has 2 aliphatic rings. The Kier molecular flexibility index (Phi) is 7.97. The molecule has 1 saturated carbocycles. The highest BCUT2D eigenvalue weighted by Gasteiger charge is 2.51. The summed E-state index contributed by atoms with van der Waals surface area (Å²) >= 11 is 20.7. The van der Waals surface area contributed by atoms with E-state index >= 15 is 0 Å². The van der Waals surface area contributed by atoms with E-state index in [0.29, 0.717) is 10.0 Å². The van der Waals surface area contributed by atoms with E-state index in [4.69, 9.17) is 44.8 Å². The third-order valence-electron chi connectivity index (χ3n) is 6.83. The molecule has 186 valence electrons. The fourth-order valence-corrected chi connectivity index (χ4v) is 6.07. The number of aryl methyl sites for hydroxylation is 1. The van der Waals surface area contributed by atoms with Crippen LogP contribution in [0.5, 0.6) is 0 Å². The molecule has 1 aliphatic heterocycles. The van der Waals surface area contributed by atoms with E-state index in [2.05, 4.69) is 56.2 Å². The monoisotopic (exact) mass is 547 g/mol. The number of anilines is 1. The van der Waals surface area contributed by atoms with Crippen molar-refractivity contribution < 1.29 is 0 Å². The van der Waals surface area contributed by atoms with Gasteiger partial charge in [0.15, 0.2) is 11.0 Å². The first-order valence-electron chi connectivity index (χ1n) is 12.0. The zero-order valence-electron chi connectivity index (χ0n) is 20.9. The smallest absolute Gasteiger partial charge is 0.170 e. The van der Waals surface area contributed by atoms with Crippen molar-refractivity contribution >= 4 is 69.3 Å². The normalized spacial score (nSPS) is 19.8. The van der Waals surface area contributed by atoms with Crippen LogP contribution in [0.2, 0.25) is 15.1 Å². The molecule has 4 rings (SSSR count). The van der Waals surface area contributed by atoms with Crippen LogP contribution in [0.15, 0.2) is 52.5 Å². The summed E-state index contributed by atoms with van der Waals surface area (Å²) in [5.41, 5.74) is 2.74. The number of aliphatic imine (C=N–C) groups is 2. The van der Waals surface area contributed by atoms with Gasteiger partial charge in [-0.1, -0.05) is 104 Å². The molecule has 1 unspecified atom stereocenters. The Morgan fingerprint density at radius 2 is 1.77 bits per heavy atom. The number of amidine groups is 2.